The molecule has 3 saturated heterocycles. The summed E-state index contributed by atoms with van der Waals surface area (Å²) in [6.07, 6.45) is 3.83. The Kier molecular flexibility index (Phi) is 26.3. The largest absolute Gasteiger partial charge is 0.562 e. The van der Waals surface area contributed by atoms with Gasteiger partial charge in [0.05, 0.1) is 0 Å². The molecule has 4 aliphatic heterocycles. The summed E-state index contributed by atoms with van der Waals surface area (Å²) in [6.45, 7) is 25.7. The first kappa shape index (κ1) is 67.0. The molecule has 0 aliphatic carbocycles. The first-order valence-electron chi connectivity index (χ1n) is 27.0. The second-order valence-corrected chi connectivity index (χ2v) is 21.2. The summed E-state index contributed by atoms with van der Waals surface area (Å²) in [7, 11) is 10.7. The number of anilines is 5. The Hall–Kier alpha value is -4.78. The maximum absolute atomic E-state index is 3.43. The van der Waals surface area contributed by atoms with Crippen molar-refractivity contribution in [1.82, 2.24) is 29.1 Å². The van der Waals surface area contributed by atoms with E-state index in [4.69, 9.17) is 0 Å². The van der Waals surface area contributed by atoms with Gasteiger partial charge in [-0.3, -0.25) is 0 Å². The number of nitrogens with zero attached hydrogens (tertiary/aromatic N) is 10. The van der Waals surface area contributed by atoms with Crippen LogP contribution in [0, 0.1) is 50.9 Å². The molecular weight excluding hydrogens is 1530 g/mol. The fraction of sp³-hybridized carbons (Fsp3) is 0.213. The van der Waals surface area contributed by atoms with Crippen molar-refractivity contribution < 1.29 is 60.3 Å². The molecule has 7 aromatic rings. The molecule has 0 spiro atoms. The summed E-state index contributed by atoms with van der Waals surface area (Å²) in [5.74, 6) is 0. The van der Waals surface area contributed by atoms with E-state index in [2.05, 4.69) is 297 Å². The molecule has 20 heteroatoms. The Morgan fingerprint density at radius 1 is 0.420 bits per heavy atom. The molecule has 0 amide bonds. The number of nitrogens with one attached hydrogen (secondary N) is 1. The van der Waals surface area contributed by atoms with Gasteiger partial charge >= 0.3 is 14.0 Å². The van der Waals surface area contributed by atoms with Crippen molar-refractivity contribution >= 4 is 81.3 Å². The monoisotopic (exact) mass is 1600 g/mol. The Balaban J connectivity index is 0.000000209. The van der Waals surface area contributed by atoms with E-state index in [9.17, 15) is 0 Å². The zero-order valence-corrected chi connectivity index (χ0v) is 55.9. The molecule has 0 aromatic heterocycles. The van der Waals surface area contributed by atoms with E-state index in [0.29, 0.717) is 27.9 Å². The van der Waals surface area contributed by atoms with Crippen LogP contribution in [0.4, 0.5) is 28.4 Å². The molecule has 0 unspecified atom stereocenters. The second kappa shape index (κ2) is 31.8. The van der Waals surface area contributed by atoms with Gasteiger partial charge in [0.1, 0.15) is 0 Å². The van der Waals surface area contributed by atoms with E-state index in [-0.39, 0.29) is 79.7 Å². The minimum absolute atomic E-state index is 0. The average molecular weight is 1600 g/mol. The van der Waals surface area contributed by atoms with Crippen LogP contribution in [0.3, 0.4) is 0 Å². The fourth-order valence-electron chi connectivity index (χ4n) is 9.87. The molecule has 11 rings (SSSR count). The summed E-state index contributed by atoms with van der Waals surface area (Å²) >= 11 is 0. The van der Waals surface area contributed by atoms with Crippen LogP contribution in [0.15, 0.2) is 194 Å². The van der Waals surface area contributed by atoms with Crippen molar-refractivity contribution in [3.63, 3.8) is 0 Å². The van der Waals surface area contributed by atoms with Gasteiger partial charge in [-0.05, 0) is 81.8 Å². The van der Waals surface area contributed by atoms with E-state index >= 15 is 0 Å². The summed E-state index contributed by atoms with van der Waals surface area (Å²) in [5.41, 5.74) is 9.48. The maximum atomic E-state index is 3.43. The van der Waals surface area contributed by atoms with Crippen LogP contribution in [-0.4, -0.2) is 101 Å². The minimum Gasteiger partial charge on any atom is -0.562 e. The van der Waals surface area contributed by atoms with Gasteiger partial charge in [-0.2, -0.15) is 128 Å². The molecule has 1 N–H and O–H groups in total. The summed E-state index contributed by atoms with van der Waals surface area (Å²) in [5, 5.41) is 2.97. The van der Waals surface area contributed by atoms with Gasteiger partial charge in [-0.25, -0.2) is 13.3 Å². The number of benzene rings is 7. The summed E-state index contributed by atoms with van der Waals surface area (Å²) in [4.78, 5) is 15.6. The number of hydrogen-bond donors (Lipinski definition) is 1. The summed E-state index contributed by atoms with van der Waals surface area (Å²) in [6, 6.07) is 75.7. The van der Waals surface area contributed by atoms with Crippen LogP contribution >= 0.6 is 0 Å². The van der Waals surface area contributed by atoms with Crippen molar-refractivity contribution in [3.05, 3.63) is 251 Å². The number of para-hydroxylation sites is 4. The first-order chi connectivity index (χ1) is 37.6. The fourth-order valence-corrected chi connectivity index (χ4v) is 9.87. The molecule has 7 aromatic carbocycles. The van der Waals surface area contributed by atoms with Crippen molar-refractivity contribution in [1.29, 1.82) is 0 Å². The Morgan fingerprint density at radius 3 is 1.28 bits per heavy atom. The Bertz CT molecular complexity index is 2830. The molecule has 0 saturated carbocycles. The van der Waals surface area contributed by atoms with Gasteiger partial charge in [-0.1, -0.05) is 127 Å². The zero-order chi connectivity index (χ0) is 55.3. The molecular formula is C61H73B6Ir3N11-8. The van der Waals surface area contributed by atoms with Crippen molar-refractivity contribution in [2.75, 3.05) is 59.4 Å². The van der Waals surface area contributed by atoms with Crippen LogP contribution in [0.5, 0.6) is 0 Å². The van der Waals surface area contributed by atoms with E-state index < -0.39 is 0 Å². The van der Waals surface area contributed by atoms with Gasteiger partial charge in [0, 0.05) is 60.3 Å². The van der Waals surface area contributed by atoms with Crippen molar-refractivity contribution in [2.24, 2.45) is 0 Å². The molecule has 4 aliphatic rings. The van der Waals surface area contributed by atoms with Crippen LogP contribution < -0.4 is 40.4 Å². The number of hydrogen-bond acceptors (Lipinski definition) is 11. The third-order valence-corrected chi connectivity index (χ3v) is 15.1. The normalized spacial score (nSPS) is 16.2. The minimum atomic E-state index is 0. The third kappa shape index (κ3) is 17.0. The molecule has 425 valence electrons. The Labute approximate surface area is 530 Å². The topological polar surface area (TPSA) is 44.4 Å². The van der Waals surface area contributed by atoms with Crippen LogP contribution in [0.1, 0.15) is 26.3 Å². The van der Waals surface area contributed by atoms with E-state index in [1.807, 2.05) is 84.6 Å². The van der Waals surface area contributed by atoms with Gasteiger partial charge in [0.15, 0.2) is 0 Å². The van der Waals surface area contributed by atoms with E-state index in [1.54, 1.807) is 0 Å². The van der Waals surface area contributed by atoms with Gasteiger partial charge in [0.25, 0.3) is 27.9 Å². The van der Waals surface area contributed by atoms with Crippen LogP contribution in [0.2, 0.25) is 27.3 Å². The summed E-state index contributed by atoms with van der Waals surface area (Å²) < 4.78 is 7.12. The zero-order valence-electron chi connectivity index (χ0n) is 48.7. The van der Waals surface area contributed by atoms with Gasteiger partial charge < -0.3 is 53.2 Å². The molecule has 4 heterocycles. The number of rotatable bonds is 7. The molecule has 3 fully saturated rings. The first-order valence-corrected chi connectivity index (χ1v) is 27.0. The van der Waals surface area contributed by atoms with Gasteiger partial charge in [-0.15, -0.1) is 28.8 Å². The molecule has 11 nitrogen and oxygen atoms in total. The average Bonchev–Trinajstić information content (AvgIpc) is 4.10. The van der Waals surface area contributed by atoms with Gasteiger partial charge in [0.2, 0.25) is 0 Å². The molecule has 0 bridgehead atoms. The second-order valence-electron chi connectivity index (χ2n) is 21.2. The Morgan fingerprint density at radius 2 is 0.840 bits per heavy atom. The van der Waals surface area contributed by atoms with Crippen molar-refractivity contribution in [2.45, 2.75) is 53.5 Å². The maximum Gasteiger partial charge on any atom is 0.339 e. The standard InChI is InChI=1S/C26H23B2N3.C15H25B2N3.C11H17B2N3.C9H8N2.3Ir/c1-29-27(23-14-6-2-7-15-23)30(25-18-10-4-11-19-25)22-31(26-20-12-5-13-21-26)28(29)24-16-8-3-9-17-24;1-15(2,3)13-9-8-10-14(11-13)20-12-18(6)16(4)19(7)17(20)5;1-12-14(3)10-16(13(2)15(12)4)11-8-6-5-7-9-11;1-2-4-9(5-3-1)11-7-6-10-8-11;;;/h2-20,22H,1H3;8-9,11-12H,1-7H3;5-8,10H,1-4H3;1-4,6-8,10H;;;/q4*-2;;;. The van der Waals surface area contributed by atoms with E-state index in [0.717, 1.165) is 28.4 Å². The predicted molar refractivity (Wildman–Crippen MR) is 337 cm³/mol. The smallest absolute Gasteiger partial charge is 0.339 e. The molecule has 81 heavy (non-hydrogen) atoms. The van der Waals surface area contributed by atoms with E-state index in [1.165, 1.54) is 16.5 Å². The predicted octanol–water partition coefficient (Wildman–Crippen LogP) is 9.48. The third-order valence-electron chi connectivity index (χ3n) is 15.1. The quantitative estimate of drug-likeness (QED) is 0.123. The van der Waals surface area contributed by atoms with Crippen LogP contribution in [-0.2, 0) is 65.7 Å². The van der Waals surface area contributed by atoms with Crippen molar-refractivity contribution in [3.8, 4) is 0 Å². The van der Waals surface area contributed by atoms with Crippen LogP contribution in [0.25, 0.3) is 0 Å². The molecule has 0 atom stereocenters. The molecule has 3 radical (unpaired) electrons. The SMILES string of the molecule is CB1N(C)[CH-]N(c2[c-]ccc(C(C)(C)C)c2)B(C)N1C.CB1N(C)[CH-]N(c2[c-]cccc2)B(C)N1C.CN1B(c2ccccc2)N(c2[c-]cccc2)[CH-]N(c2ccccc2)B1c1ccccc1.[Ir].[Ir].[Ir].[c-]1ccccc1N1C=CN[CH-]1.